The van der Waals surface area contributed by atoms with Gasteiger partial charge in [0, 0.05) is 37.4 Å². The minimum atomic E-state index is -0.619. The van der Waals surface area contributed by atoms with Crippen molar-refractivity contribution >= 4 is 23.2 Å². The van der Waals surface area contributed by atoms with Crippen LogP contribution in [0.2, 0.25) is 0 Å². The summed E-state index contributed by atoms with van der Waals surface area (Å²) in [5.74, 6) is 0.0567. The minimum Gasteiger partial charge on any atom is -0.359 e. The highest BCUT2D eigenvalue weighted by molar-refractivity contribution is 7.13. The van der Waals surface area contributed by atoms with Crippen molar-refractivity contribution in [2.24, 2.45) is 5.41 Å². The first-order valence-electron chi connectivity index (χ1n) is 10.6. The van der Waals surface area contributed by atoms with Crippen molar-refractivity contribution in [1.82, 2.24) is 15.2 Å². The summed E-state index contributed by atoms with van der Waals surface area (Å²) in [5, 5.41) is 4.93. The first kappa shape index (κ1) is 21.2. The number of benzene rings is 1. The normalized spacial score (nSPS) is 18.5. The van der Waals surface area contributed by atoms with E-state index in [2.05, 4.69) is 46.0 Å². The molecule has 0 bridgehead atoms. The molecule has 1 saturated heterocycles. The Kier molecular flexibility index (Phi) is 6.47. The average molecular weight is 434 g/mol. The molecule has 160 valence electrons. The number of rotatable bonds is 6. The van der Waals surface area contributed by atoms with Crippen LogP contribution in [0, 0.1) is 5.41 Å². The predicted octanol–water partition coefficient (Wildman–Crippen LogP) is 3.95. The van der Waals surface area contributed by atoms with Gasteiger partial charge in [-0.3, -0.25) is 14.6 Å². The number of carbonyl (C=O) groups is 2. The van der Waals surface area contributed by atoms with Crippen molar-refractivity contribution in [2.45, 2.75) is 25.7 Å². The molecule has 1 fully saturated rings. The maximum absolute atomic E-state index is 13.1. The number of carbonyl (C=O) groups excluding carboxylic acids is 2. The lowest BCUT2D eigenvalue weighted by molar-refractivity contribution is -0.141. The van der Waals surface area contributed by atoms with Crippen LogP contribution >= 0.6 is 11.3 Å². The van der Waals surface area contributed by atoms with Crippen LogP contribution in [0.4, 0.5) is 0 Å². The Labute approximate surface area is 187 Å². The number of likely N-dealkylation sites (tertiary alicyclic amines) is 1. The number of piperidine rings is 1. The Bertz CT molecular complexity index is 1040. The van der Waals surface area contributed by atoms with E-state index in [0.717, 1.165) is 24.0 Å². The first-order valence-corrected chi connectivity index (χ1v) is 11.5. The Hall–Kier alpha value is -2.99. The Morgan fingerprint density at radius 2 is 2.03 bits per heavy atom. The quantitative estimate of drug-likeness (QED) is 0.640. The van der Waals surface area contributed by atoms with Crippen LogP contribution in [0.5, 0.6) is 0 Å². The zero-order chi connectivity index (χ0) is 21.7. The van der Waals surface area contributed by atoms with E-state index >= 15 is 0 Å². The number of aromatic nitrogens is 1. The van der Waals surface area contributed by atoms with Gasteiger partial charge in [0.2, 0.25) is 11.8 Å². The van der Waals surface area contributed by atoms with Crippen LogP contribution in [-0.4, -0.2) is 41.8 Å². The molecule has 0 aliphatic carbocycles. The molecule has 1 aliphatic rings. The SMILES string of the molecule is CNC(=O)[C@@]1(Cc2cccc(-c3cccs3)c2)CCCN(C(=O)Cc2cccnc2)C1. The first-order chi connectivity index (χ1) is 15.1. The zero-order valence-corrected chi connectivity index (χ0v) is 18.5. The van der Waals surface area contributed by atoms with Gasteiger partial charge in [0.25, 0.3) is 0 Å². The zero-order valence-electron chi connectivity index (χ0n) is 17.7. The van der Waals surface area contributed by atoms with Gasteiger partial charge < -0.3 is 10.2 Å². The molecular formula is C25H27N3O2S. The molecule has 6 heteroatoms. The molecule has 0 unspecified atom stereocenters. The van der Waals surface area contributed by atoms with Crippen LogP contribution in [0.1, 0.15) is 24.0 Å². The van der Waals surface area contributed by atoms with Crippen molar-refractivity contribution in [3.63, 3.8) is 0 Å². The highest BCUT2D eigenvalue weighted by Gasteiger charge is 2.43. The molecule has 1 aromatic carbocycles. The molecule has 2 amide bonds. The maximum Gasteiger partial charge on any atom is 0.228 e. The molecule has 4 rings (SSSR count). The van der Waals surface area contributed by atoms with Crippen molar-refractivity contribution < 1.29 is 9.59 Å². The summed E-state index contributed by atoms with van der Waals surface area (Å²) in [5.41, 5.74) is 2.56. The second-order valence-electron chi connectivity index (χ2n) is 8.17. The van der Waals surface area contributed by atoms with Gasteiger partial charge in [0.05, 0.1) is 11.8 Å². The molecule has 3 aromatic rings. The third-order valence-electron chi connectivity index (χ3n) is 5.99. The van der Waals surface area contributed by atoms with Gasteiger partial charge in [-0.25, -0.2) is 0 Å². The summed E-state index contributed by atoms with van der Waals surface area (Å²) in [6.07, 6.45) is 5.94. The van der Waals surface area contributed by atoms with Crippen LogP contribution in [-0.2, 0) is 22.4 Å². The van der Waals surface area contributed by atoms with E-state index in [1.165, 1.54) is 10.4 Å². The molecule has 1 atom stereocenters. The molecule has 5 nitrogen and oxygen atoms in total. The highest BCUT2D eigenvalue weighted by Crippen LogP contribution is 2.36. The van der Waals surface area contributed by atoms with E-state index in [1.54, 1.807) is 30.8 Å². The van der Waals surface area contributed by atoms with Gasteiger partial charge in [-0.05, 0) is 53.5 Å². The number of amides is 2. The fourth-order valence-corrected chi connectivity index (χ4v) is 5.20. The van der Waals surface area contributed by atoms with Gasteiger partial charge in [0.15, 0.2) is 0 Å². The topological polar surface area (TPSA) is 62.3 Å². The van der Waals surface area contributed by atoms with Gasteiger partial charge in [-0.15, -0.1) is 11.3 Å². The Morgan fingerprint density at radius 3 is 2.77 bits per heavy atom. The van der Waals surface area contributed by atoms with Crippen LogP contribution in [0.25, 0.3) is 10.4 Å². The summed E-state index contributed by atoms with van der Waals surface area (Å²) in [6.45, 7) is 1.13. The smallest absolute Gasteiger partial charge is 0.228 e. The number of thiophene rings is 1. The standard InChI is InChI=1S/C25H27N3O2S/c1-26-24(30)25(16-19-6-2-8-21(14-19)22-9-4-13-31-22)10-5-12-28(18-25)23(29)15-20-7-3-11-27-17-20/h2-4,6-9,11,13-14,17H,5,10,12,15-16,18H2,1H3,(H,26,30)/t25-/m1/s1. The maximum atomic E-state index is 13.1. The number of pyridine rings is 1. The number of nitrogens with zero attached hydrogens (tertiary/aromatic N) is 2. The summed E-state index contributed by atoms with van der Waals surface area (Å²) in [4.78, 5) is 33.2. The van der Waals surface area contributed by atoms with Gasteiger partial charge in [-0.1, -0.05) is 36.4 Å². The number of hydrogen-bond acceptors (Lipinski definition) is 4. The van der Waals surface area contributed by atoms with Crippen molar-refractivity contribution in [3.8, 4) is 10.4 Å². The largest absolute Gasteiger partial charge is 0.359 e. The third-order valence-corrected chi connectivity index (χ3v) is 6.91. The van der Waals surface area contributed by atoms with Crippen LogP contribution in [0.3, 0.4) is 0 Å². The highest BCUT2D eigenvalue weighted by atomic mass is 32.1. The third kappa shape index (κ3) is 4.85. The molecule has 0 spiro atoms. The Balaban J connectivity index is 1.55. The average Bonchev–Trinajstić information content (AvgIpc) is 3.34. The molecule has 0 radical (unpaired) electrons. The predicted molar refractivity (Wildman–Crippen MR) is 124 cm³/mol. The number of hydrogen-bond donors (Lipinski definition) is 1. The van der Waals surface area contributed by atoms with Gasteiger partial charge in [0.1, 0.15) is 0 Å². The Morgan fingerprint density at radius 1 is 1.16 bits per heavy atom. The molecule has 0 saturated carbocycles. The summed E-state index contributed by atoms with van der Waals surface area (Å²) >= 11 is 1.71. The van der Waals surface area contributed by atoms with E-state index in [-0.39, 0.29) is 11.8 Å². The monoisotopic (exact) mass is 433 g/mol. The van der Waals surface area contributed by atoms with Crippen molar-refractivity contribution in [3.05, 3.63) is 77.4 Å². The molecule has 1 aliphatic heterocycles. The minimum absolute atomic E-state index is 0.00732. The lowest BCUT2D eigenvalue weighted by Crippen LogP contribution is -2.54. The fourth-order valence-electron chi connectivity index (χ4n) is 4.48. The van der Waals surface area contributed by atoms with E-state index in [4.69, 9.17) is 0 Å². The van der Waals surface area contributed by atoms with Crippen molar-refractivity contribution in [1.29, 1.82) is 0 Å². The summed E-state index contributed by atoms with van der Waals surface area (Å²) in [7, 11) is 1.68. The van der Waals surface area contributed by atoms with Crippen LogP contribution in [0.15, 0.2) is 66.3 Å². The summed E-state index contributed by atoms with van der Waals surface area (Å²) < 4.78 is 0. The molecule has 3 heterocycles. The second-order valence-corrected chi connectivity index (χ2v) is 9.12. The van der Waals surface area contributed by atoms with Gasteiger partial charge in [-0.2, -0.15) is 0 Å². The lowest BCUT2D eigenvalue weighted by atomic mass is 9.74. The van der Waals surface area contributed by atoms with Crippen molar-refractivity contribution in [2.75, 3.05) is 20.1 Å². The molecule has 2 aromatic heterocycles. The second kappa shape index (κ2) is 9.43. The van der Waals surface area contributed by atoms with Gasteiger partial charge >= 0.3 is 0 Å². The fraction of sp³-hybridized carbons (Fsp3) is 0.320. The van der Waals surface area contributed by atoms with Crippen LogP contribution < -0.4 is 5.32 Å². The number of nitrogens with one attached hydrogen (secondary N) is 1. The molecule has 31 heavy (non-hydrogen) atoms. The lowest BCUT2D eigenvalue weighted by Gasteiger charge is -2.41. The molecule has 1 N–H and O–H groups in total. The van der Waals surface area contributed by atoms with E-state index in [1.807, 2.05) is 23.1 Å². The molecular weight excluding hydrogens is 406 g/mol. The van der Waals surface area contributed by atoms with E-state index in [0.29, 0.717) is 25.9 Å². The van der Waals surface area contributed by atoms with E-state index < -0.39 is 5.41 Å². The van der Waals surface area contributed by atoms with E-state index in [9.17, 15) is 9.59 Å². The summed E-state index contributed by atoms with van der Waals surface area (Å²) in [6, 6.07) is 16.3.